The summed E-state index contributed by atoms with van der Waals surface area (Å²) in [7, 11) is 0. The molecule has 0 bridgehead atoms. The lowest BCUT2D eigenvalue weighted by molar-refractivity contribution is 0.182. The summed E-state index contributed by atoms with van der Waals surface area (Å²) in [6.45, 7) is 0. The third-order valence-corrected chi connectivity index (χ3v) is 3.92. The minimum absolute atomic E-state index is 0.399. The smallest absolute Gasteiger partial charge is 0.0922 e. The van der Waals surface area contributed by atoms with Gasteiger partial charge >= 0.3 is 0 Å². The maximum atomic E-state index is 9.98. The number of hydrogen-bond acceptors (Lipinski definition) is 2. The van der Waals surface area contributed by atoms with Crippen LogP contribution in [0.25, 0.3) is 0 Å². The standard InChI is InChI=1S/C12H11BrOS/c13-12-7-6-11(15-12)10(14)8-9-4-2-1-3-5-9/h1-7,10,14H,8H2. The minimum Gasteiger partial charge on any atom is -0.387 e. The molecule has 0 aliphatic rings. The number of benzene rings is 1. The van der Waals surface area contributed by atoms with Gasteiger partial charge in [0.1, 0.15) is 0 Å². The van der Waals surface area contributed by atoms with Crippen molar-refractivity contribution in [3.63, 3.8) is 0 Å². The molecule has 0 aliphatic heterocycles. The van der Waals surface area contributed by atoms with Crippen LogP contribution in [-0.4, -0.2) is 5.11 Å². The van der Waals surface area contributed by atoms with Gasteiger partial charge in [0.25, 0.3) is 0 Å². The van der Waals surface area contributed by atoms with E-state index in [9.17, 15) is 5.11 Å². The molecule has 0 aliphatic carbocycles. The zero-order valence-corrected chi connectivity index (χ0v) is 10.5. The van der Waals surface area contributed by atoms with Gasteiger partial charge in [-0.2, -0.15) is 0 Å². The van der Waals surface area contributed by atoms with Crippen LogP contribution < -0.4 is 0 Å². The van der Waals surface area contributed by atoms with E-state index in [1.165, 1.54) is 0 Å². The molecule has 3 heteroatoms. The van der Waals surface area contributed by atoms with Gasteiger partial charge in [0.2, 0.25) is 0 Å². The molecule has 1 aromatic carbocycles. The topological polar surface area (TPSA) is 20.2 Å². The van der Waals surface area contributed by atoms with Gasteiger partial charge in [-0.05, 0) is 33.6 Å². The first-order valence-corrected chi connectivity index (χ1v) is 6.34. The normalized spacial score (nSPS) is 12.7. The molecular weight excluding hydrogens is 272 g/mol. The zero-order chi connectivity index (χ0) is 10.7. The molecule has 78 valence electrons. The first-order chi connectivity index (χ1) is 7.25. The van der Waals surface area contributed by atoms with Crippen LogP contribution in [0.5, 0.6) is 0 Å². The van der Waals surface area contributed by atoms with E-state index in [1.54, 1.807) is 11.3 Å². The summed E-state index contributed by atoms with van der Waals surface area (Å²) in [5, 5.41) is 9.98. The monoisotopic (exact) mass is 282 g/mol. The summed E-state index contributed by atoms with van der Waals surface area (Å²) in [6.07, 6.45) is 0.275. The summed E-state index contributed by atoms with van der Waals surface area (Å²) in [4.78, 5) is 1.01. The highest BCUT2D eigenvalue weighted by atomic mass is 79.9. The number of halogens is 1. The van der Waals surface area contributed by atoms with Crippen molar-refractivity contribution in [2.24, 2.45) is 0 Å². The van der Waals surface area contributed by atoms with Crippen LogP contribution in [0, 0.1) is 0 Å². The highest BCUT2D eigenvalue weighted by Crippen LogP contribution is 2.28. The Kier molecular flexibility index (Phi) is 3.57. The van der Waals surface area contributed by atoms with E-state index in [0.29, 0.717) is 6.42 Å². The molecule has 1 nitrogen and oxygen atoms in total. The molecule has 0 amide bonds. The van der Waals surface area contributed by atoms with Gasteiger partial charge in [-0.1, -0.05) is 30.3 Å². The van der Waals surface area contributed by atoms with Gasteiger partial charge in [0.15, 0.2) is 0 Å². The highest BCUT2D eigenvalue weighted by Gasteiger charge is 2.10. The van der Waals surface area contributed by atoms with Gasteiger partial charge in [-0.15, -0.1) is 11.3 Å². The fourth-order valence-corrected chi connectivity index (χ4v) is 2.85. The molecule has 0 saturated heterocycles. The van der Waals surface area contributed by atoms with Crippen LogP contribution in [0.15, 0.2) is 46.3 Å². The van der Waals surface area contributed by atoms with Crippen LogP contribution in [-0.2, 0) is 6.42 Å². The maximum Gasteiger partial charge on any atom is 0.0922 e. The molecule has 2 rings (SSSR count). The Morgan fingerprint density at radius 2 is 1.87 bits per heavy atom. The summed E-state index contributed by atoms with van der Waals surface area (Å²) >= 11 is 4.98. The summed E-state index contributed by atoms with van der Waals surface area (Å²) in [5.41, 5.74) is 1.16. The lowest BCUT2D eigenvalue weighted by Gasteiger charge is -2.07. The molecular formula is C12H11BrOS. The van der Waals surface area contributed by atoms with Gasteiger partial charge in [-0.25, -0.2) is 0 Å². The predicted octanol–water partition coefficient (Wildman–Crippen LogP) is 3.79. The van der Waals surface area contributed by atoms with E-state index in [0.717, 1.165) is 14.2 Å². The molecule has 15 heavy (non-hydrogen) atoms. The van der Waals surface area contributed by atoms with E-state index in [4.69, 9.17) is 0 Å². The average Bonchev–Trinajstić information content (AvgIpc) is 2.66. The Balaban J connectivity index is 2.07. The van der Waals surface area contributed by atoms with Crippen LogP contribution in [0.1, 0.15) is 16.5 Å². The fraction of sp³-hybridized carbons (Fsp3) is 0.167. The Bertz CT molecular complexity index is 424. The number of thiophene rings is 1. The van der Waals surface area contributed by atoms with Gasteiger partial charge in [0.05, 0.1) is 9.89 Å². The number of aliphatic hydroxyl groups is 1. The highest BCUT2D eigenvalue weighted by molar-refractivity contribution is 9.11. The van der Waals surface area contributed by atoms with E-state index >= 15 is 0 Å². The van der Waals surface area contributed by atoms with Crippen molar-refractivity contribution in [2.75, 3.05) is 0 Å². The molecule has 1 heterocycles. The maximum absolute atomic E-state index is 9.98. The van der Waals surface area contributed by atoms with Crippen molar-refractivity contribution < 1.29 is 5.11 Å². The Labute approximate surface area is 102 Å². The van der Waals surface area contributed by atoms with Crippen molar-refractivity contribution >= 4 is 27.3 Å². The van der Waals surface area contributed by atoms with Crippen LogP contribution >= 0.6 is 27.3 Å². The SMILES string of the molecule is OC(Cc1ccccc1)c1ccc(Br)s1. The lowest BCUT2D eigenvalue weighted by Crippen LogP contribution is -1.98. The molecule has 0 fully saturated rings. The van der Waals surface area contributed by atoms with Crippen LogP contribution in [0.2, 0.25) is 0 Å². The Hall–Kier alpha value is -0.640. The van der Waals surface area contributed by atoms with Crippen molar-refractivity contribution in [1.29, 1.82) is 0 Å². The van der Waals surface area contributed by atoms with Crippen molar-refractivity contribution in [2.45, 2.75) is 12.5 Å². The van der Waals surface area contributed by atoms with Gasteiger partial charge < -0.3 is 5.11 Å². The summed E-state index contributed by atoms with van der Waals surface area (Å²) in [5.74, 6) is 0. The molecule has 1 unspecified atom stereocenters. The van der Waals surface area contributed by atoms with Crippen molar-refractivity contribution in [3.05, 3.63) is 56.7 Å². The molecule has 1 aromatic heterocycles. The van der Waals surface area contributed by atoms with E-state index in [-0.39, 0.29) is 0 Å². The second kappa shape index (κ2) is 4.92. The summed E-state index contributed by atoms with van der Waals surface area (Å²) < 4.78 is 1.06. The fourth-order valence-electron chi connectivity index (χ4n) is 1.45. The van der Waals surface area contributed by atoms with Crippen LogP contribution in [0.4, 0.5) is 0 Å². The molecule has 0 spiro atoms. The third kappa shape index (κ3) is 2.91. The molecule has 1 N–H and O–H groups in total. The second-order valence-electron chi connectivity index (χ2n) is 3.35. The van der Waals surface area contributed by atoms with Crippen LogP contribution in [0.3, 0.4) is 0 Å². The Morgan fingerprint density at radius 3 is 2.47 bits per heavy atom. The Morgan fingerprint density at radius 1 is 1.13 bits per heavy atom. The first-order valence-electron chi connectivity index (χ1n) is 4.73. The van der Waals surface area contributed by atoms with Gasteiger partial charge in [-0.3, -0.25) is 0 Å². The van der Waals surface area contributed by atoms with E-state index in [2.05, 4.69) is 15.9 Å². The average molecular weight is 283 g/mol. The van der Waals surface area contributed by atoms with Crippen molar-refractivity contribution in [3.8, 4) is 0 Å². The molecule has 1 atom stereocenters. The molecule has 2 aromatic rings. The number of rotatable bonds is 3. The largest absolute Gasteiger partial charge is 0.387 e. The van der Waals surface area contributed by atoms with E-state index < -0.39 is 6.10 Å². The predicted molar refractivity (Wildman–Crippen MR) is 67.1 cm³/mol. The summed E-state index contributed by atoms with van der Waals surface area (Å²) in [6, 6.07) is 14.0. The van der Waals surface area contributed by atoms with E-state index in [1.807, 2.05) is 42.5 Å². The quantitative estimate of drug-likeness (QED) is 0.908. The van der Waals surface area contributed by atoms with Crippen molar-refractivity contribution in [1.82, 2.24) is 0 Å². The minimum atomic E-state index is -0.399. The molecule has 0 saturated carbocycles. The number of aliphatic hydroxyl groups excluding tert-OH is 1. The first kappa shape index (κ1) is 10.9. The van der Waals surface area contributed by atoms with Gasteiger partial charge in [0, 0.05) is 11.3 Å². The third-order valence-electron chi connectivity index (χ3n) is 2.19. The zero-order valence-electron chi connectivity index (χ0n) is 8.06. The number of hydrogen-bond donors (Lipinski definition) is 1. The lowest BCUT2D eigenvalue weighted by atomic mass is 10.1. The second-order valence-corrected chi connectivity index (χ2v) is 5.84. The molecule has 0 radical (unpaired) electrons.